The Kier molecular flexibility index (Phi) is 2.85. The molecule has 0 bridgehead atoms. The quantitative estimate of drug-likeness (QED) is 0.851. The van der Waals surface area contributed by atoms with Crippen LogP contribution in [0.3, 0.4) is 0 Å². The van der Waals surface area contributed by atoms with Crippen LogP contribution in [0.25, 0.3) is 11.0 Å². The summed E-state index contributed by atoms with van der Waals surface area (Å²) in [4.78, 5) is 15.7. The van der Waals surface area contributed by atoms with Gasteiger partial charge < -0.3 is 9.84 Å². The molecular weight excluding hydrogens is 206 g/mol. The molecule has 2 heterocycles. The van der Waals surface area contributed by atoms with E-state index in [4.69, 9.17) is 4.52 Å². The van der Waals surface area contributed by atoms with Crippen molar-refractivity contribution in [1.82, 2.24) is 15.5 Å². The normalized spacial score (nSPS) is 10.9. The van der Waals surface area contributed by atoms with E-state index in [1.54, 1.807) is 18.5 Å². The van der Waals surface area contributed by atoms with Gasteiger partial charge in [0.2, 0.25) is 0 Å². The van der Waals surface area contributed by atoms with Crippen molar-refractivity contribution in [2.24, 2.45) is 5.92 Å². The van der Waals surface area contributed by atoms with Gasteiger partial charge in [0.25, 0.3) is 5.91 Å². The first kappa shape index (κ1) is 10.6. The van der Waals surface area contributed by atoms with E-state index in [2.05, 4.69) is 15.5 Å². The Bertz CT molecular complexity index is 505. The number of hydrogen-bond donors (Lipinski definition) is 1. The van der Waals surface area contributed by atoms with Gasteiger partial charge in [-0.15, -0.1) is 0 Å². The third-order valence-electron chi connectivity index (χ3n) is 2.16. The van der Waals surface area contributed by atoms with Gasteiger partial charge in [-0.1, -0.05) is 19.0 Å². The molecule has 0 unspecified atom stereocenters. The van der Waals surface area contributed by atoms with Gasteiger partial charge in [-0.2, -0.15) is 0 Å². The lowest BCUT2D eigenvalue weighted by Crippen LogP contribution is -2.27. The molecule has 84 valence electrons. The lowest BCUT2D eigenvalue weighted by Gasteiger charge is -2.05. The molecule has 2 aromatic rings. The fourth-order valence-electron chi connectivity index (χ4n) is 1.33. The van der Waals surface area contributed by atoms with Crippen LogP contribution in [0.2, 0.25) is 0 Å². The van der Waals surface area contributed by atoms with Crippen LogP contribution < -0.4 is 5.32 Å². The van der Waals surface area contributed by atoms with Crippen molar-refractivity contribution in [2.45, 2.75) is 13.8 Å². The zero-order valence-electron chi connectivity index (χ0n) is 9.23. The predicted octanol–water partition coefficient (Wildman–Crippen LogP) is 1.61. The van der Waals surface area contributed by atoms with Crippen LogP contribution in [0.1, 0.15) is 24.3 Å². The lowest BCUT2D eigenvalue weighted by molar-refractivity contribution is 0.0941. The summed E-state index contributed by atoms with van der Waals surface area (Å²) in [6, 6.07) is 1.68. The summed E-state index contributed by atoms with van der Waals surface area (Å²) in [5.41, 5.74) is 0.869. The third kappa shape index (κ3) is 2.03. The Morgan fingerprint density at radius 2 is 2.38 bits per heavy atom. The Balaban J connectivity index is 2.23. The second-order valence-electron chi connectivity index (χ2n) is 4.01. The molecule has 5 heteroatoms. The molecule has 0 fully saturated rings. The largest absolute Gasteiger partial charge is 0.355 e. The first-order chi connectivity index (χ1) is 7.68. The van der Waals surface area contributed by atoms with Crippen molar-refractivity contribution in [2.75, 3.05) is 6.54 Å². The van der Waals surface area contributed by atoms with Crippen molar-refractivity contribution in [1.29, 1.82) is 0 Å². The van der Waals surface area contributed by atoms with Crippen LogP contribution in [-0.4, -0.2) is 22.6 Å². The molecule has 1 amide bonds. The minimum atomic E-state index is -0.222. The Hall–Kier alpha value is -1.91. The highest BCUT2D eigenvalue weighted by molar-refractivity contribution is 6.03. The number of rotatable bonds is 3. The number of nitrogens with one attached hydrogen (secondary N) is 1. The molecule has 5 nitrogen and oxygen atoms in total. The van der Waals surface area contributed by atoms with Gasteiger partial charge in [-0.05, 0) is 5.92 Å². The van der Waals surface area contributed by atoms with E-state index in [0.29, 0.717) is 29.1 Å². The number of fused-ring (bicyclic) bond motifs is 1. The molecule has 0 aliphatic heterocycles. The summed E-state index contributed by atoms with van der Waals surface area (Å²) >= 11 is 0. The average Bonchev–Trinajstić information content (AvgIpc) is 2.69. The molecule has 2 rings (SSSR count). The zero-order chi connectivity index (χ0) is 11.5. The van der Waals surface area contributed by atoms with Crippen LogP contribution in [0, 0.1) is 5.92 Å². The van der Waals surface area contributed by atoms with Gasteiger partial charge >= 0.3 is 0 Å². The van der Waals surface area contributed by atoms with Crippen LogP contribution >= 0.6 is 0 Å². The van der Waals surface area contributed by atoms with Crippen LogP contribution in [0.4, 0.5) is 0 Å². The second-order valence-corrected chi connectivity index (χ2v) is 4.01. The van der Waals surface area contributed by atoms with Crippen molar-refractivity contribution in [3.8, 4) is 0 Å². The van der Waals surface area contributed by atoms with Crippen molar-refractivity contribution in [3.63, 3.8) is 0 Å². The molecule has 0 aliphatic carbocycles. The van der Waals surface area contributed by atoms with E-state index in [0.717, 1.165) is 0 Å². The van der Waals surface area contributed by atoms with E-state index >= 15 is 0 Å². The fraction of sp³-hybridized carbons (Fsp3) is 0.364. The number of nitrogens with zero attached hydrogens (tertiary/aromatic N) is 2. The summed E-state index contributed by atoms with van der Waals surface area (Å²) in [7, 11) is 0. The first-order valence-corrected chi connectivity index (χ1v) is 5.16. The highest BCUT2D eigenvalue weighted by Crippen LogP contribution is 2.16. The number of hydrogen-bond acceptors (Lipinski definition) is 4. The zero-order valence-corrected chi connectivity index (χ0v) is 9.23. The van der Waals surface area contributed by atoms with E-state index in [9.17, 15) is 4.79 Å². The van der Waals surface area contributed by atoms with Gasteiger partial charge in [0.05, 0.1) is 5.39 Å². The molecule has 0 atom stereocenters. The SMILES string of the molecule is CC(C)CNC(=O)c1noc2ccncc12. The fourth-order valence-corrected chi connectivity index (χ4v) is 1.33. The summed E-state index contributed by atoms with van der Waals surface area (Å²) in [5, 5.41) is 7.18. The molecule has 2 aromatic heterocycles. The lowest BCUT2D eigenvalue weighted by atomic mass is 10.2. The van der Waals surface area contributed by atoms with Gasteiger partial charge in [0.15, 0.2) is 11.3 Å². The average molecular weight is 219 g/mol. The van der Waals surface area contributed by atoms with Crippen LogP contribution in [-0.2, 0) is 0 Å². The predicted molar refractivity (Wildman–Crippen MR) is 59.0 cm³/mol. The maximum Gasteiger partial charge on any atom is 0.274 e. The third-order valence-corrected chi connectivity index (χ3v) is 2.16. The first-order valence-electron chi connectivity index (χ1n) is 5.16. The number of pyridine rings is 1. The molecule has 0 spiro atoms. The smallest absolute Gasteiger partial charge is 0.274 e. The Morgan fingerprint density at radius 1 is 1.56 bits per heavy atom. The summed E-state index contributed by atoms with van der Waals surface area (Å²) < 4.78 is 5.03. The molecule has 0 aliphatic rings. The van der Waals surface area contributed by atoms with E-state index < -0.39 is 0 Å². The number of aromatic nitrogens is 2. The monoisotopic (exact) mass is 219 g/mol. The Labute approximate surface area is 92.8 Å². The maximum atomic E-state index is 11.8. The highest BCUT2D eigenvalue weighted by Gasteiger charge is 2.15. The summed E-state index contributed by atoms with van der Waals surface area (Å²) in [5.74, 6) is 0.181. The topological polar surface area (TPSA) is 68.0 Å². The number of amides is 1. The summed E-state index contributed by atoms with van der Waals surface area (Å²) in [6.07, 6.45) is 3.18. The van der Waals surface area contributed by atoms with Crippen LogP contribution in [0.15, 0.2) is 23.0 Å². The minimum Gasteiger partial charge on any atom is -0.355 e. The molecule has 1 N–H and O–H groups in total. The maximum absolute atomic E-state index is 11.8. The van der Waals surface area contributed by atoms with Gasteiger partial charge in [-0.25, -0.2) is 0 Å². The van der Waals surface area contributed by atoms with Crippen LogP contribution in [0.5, 0.6) is 0 Å². The molecule has 0 radical (unpaired) electrons. The minimum absolute atomic E-state index is 0.222. The molecule has 0 saturated carbocycles. The van der Waals surface area contributed by atoms with Gasteiger partial charge in [0, 0.05) is 25.0 Å². The molecule has 0 aromatic carbocycles. The molecular formula is C11H13N3O2. The van der Waals surface area contributed by atoms with E-state index in [1.807, 2.05) is 13.8 Å². The Morgan fingerprint density at radius 3 is 3.12 bits per heavy atom. The van der Waals surface area contributed by atoms with E-state index in [-0.39, 0.29) is 5.91 Å². The second kappa shape index (κ2) is 4.30. The molecule has 16 heavy (non-hydrogen) atoms. The van der Waals surface area contributed by atoms with Crippen molar-refractivity contribution >= 4 is 16.9 Å². The van der Waals surface area contributed by atoms with Gasteiger partial charge in [-0.3, -0.25) is 9.78 Å². The summed E-state index contributed by atoms with van der Waals surface area (Å²) in [6.45, 7) is 4.68. The number of carbonyl (C=O) groups is 1. The molecule has 0 saturated heterocycles. The van der Waals surface area contributed by atoms with Crippen molar-refractivity contribution < 1.29 is 9.32 Å². The van der Waals surface area contributed by atoms with Crippen molar-refractivity contribution in [3.05, 3.63) is 24.2 Å². The van der Waals surface area contributed by atoms with E-state index in [1.165, 1.54) is 0 Å². The number of carbonyl (C=O) groups excluding carboxylic acids is 1. The highest BCUT2D eigenvalue weighted by atomic mass is 16.5. The standard InChI is InChI=1S/C11H13N3O2/c1-7(2)5-13-11(15)10-8-6-12-4-3-9(8)16-14-10/h3-4,6-7H,5H2,1-2H3,(H,13,15). The van der Waals surface area contributed by atoms with Gasteiger partial charge in [0.1, 0.15) is 0 Å².